The minimum Gasteiger partial charge on any atom is -0.463 e. The van der Waals surface area contributed by atoms with Gasteiger partial charge in [0.1, 0.15) is 11.4 Å². The van der Waals surface area contributed by atoms with Crippen LogP contribution in [0.5, 0.6) is 0 Å². The maximum absolute atomic E-state index is 13.1. The fraction of sp³-hybridized carbons (Fsp3) is 0.333. The number of esters is 1. The largest absolute Gasteiger partial charge is 0.463 e. The van der Waals surface area contributed by atoms with Crippen molar-refractivity contribution in [3.63, 3.8) is 0 Å². The second-order valence-electron chi connectivity index (χ2n) is 4.27. The van der Waals surface area contributed by atoms with Gasteiger partial charge < -0.3 is 9.15 Å². The van der Waals surface area contributed by atoms with Gasteiger partial charge in [0.25, 0.3) is 0 Å². The summed E-state index contributed by atoms with van der Waals surface area (Å²) in [7, 11) is 1.18. The molecule has 0 aliphatic heterocycles. The molecule has 1 aromatic heterocycles. The first-order valence-corrected chi connectivity index (χ1v) is 6.26. The van der Waals surface area contributed by atoms with E-state index in [2.05, 4.69) is 18.6 Å². The second kappa shape index (κ2) is 6.84. The van der Waals surface area contributed by atoms with E-state index in [9.17, 15) is 14.0 Å². The van der Waals surface area contributed by atoms with E-state index in [4.69, 9.17) is 4.42 Å². The molecule has 0 radical (unpaired) electrons. The second-order valence-corrected chi connectivity index (χ2v) is 4.27. The Morgan fingerprint density at radius 2 is 1.90 bits per heavy atom. The summed E-state index contributed by atoms with van der Waals surface area (Å²) in [4.78, 5) is 22.9. The van der Waals surface area contributed by atoms with Gasteiger partial charge in [-0.25, -0.2) is 9.18 Å². The summed E-state index contributed by atoms with van der Waals surface area (Å²) in [6.07, 6.45) is 1.25. The van der Waals surface area contributed by atoms with E-state index in [0.29, 0.717) is 5.56 Å². The Morgan fingerprint density at radius 1 is 1.30 bits per heavy atom. The molecule has 0 aliphatic carbocycles. The van der Waals surface area contributed by atoms with Crippen molar-refractivity contribution in [3.8, 4) is 0 Å². The topological polar surface area (TPSA) is 56.5 Å². The normalized spacial score (nSPS) is 9.85. The van der Waals surface area contributed by atoms with E-state index in [1.807, 2.05) is 0 Å². The van der Waals surface area contributed by atoms with Crippen molar-refractivity contribution in [1.29, 1.82) is 0 Å². The first-order valence-electron chi connectivity index (χ1n) is 6.26. The third-order valence-electron chi connectivity index (χ3n) is 2.37. The molecular weight excluding hydrogens is 263 g/mol. The zero-order valence-corrected chi connectivity index (χ0v) is 12.0. The monoisotopic (exact) mass is 280 g/mol. The van der Waals surface area contributed by atoms with Gasteiger partial charge in [-0.15, -0.1) is 0 Å². The van der Waals surface area contributed by atoms with Crippen LogP contribution in [0.2, 0.25) is 0 Å². The summed E-state index contributed by atoms with van der Waals surface area (Å²) in [5, 5.41) is 0.107. The van der Waals surface area contributed by atoms with Crippen molar-refractivity contribution in [3.05, 3.63) is 45.6 Å². The van der Waals surface area contributed by atoms with Crippen LogP contribution in [-0.2, 0) is 4.74 Å². The summed E-state index contributed by atoms with van der Waals surface area (Å²) in [5.74, 6) is -1.46. The molecule has 0 saturated heterocycles. The Morgan fingerprint density at radius 3 is 2.45 bits per heavy atom. The van der Waals surface area contributed by atoms with Gasteiger partial charge in [0, 0.05) is 6.07 Å². The smallest absolute Gasteiger partial charge is 0.374 e. The van der Waals surface area contributed by atoms with E-state index in [1.165, 1.54) is 19.6 Å². The lowest BCUT2D eigenvalue weighted by molar-refractivity contribution is 0.0565. The minimum atomic E-state index is -0.743. The van der Waals surface area contributed by atoms with Gasteiger partial charge in [-0.05, 0) is 24.6 Å². The lowest BCUT2D eigenvalue weighted by Crippen LogP contribution is -2.09. The first kappa shape index (κ1) is 15.9. The number of fused-ring (bicyclic) bond motifs is 1. The number of ether oxygens (including phenoxy) is 1. The van der Waals surface area contributed by atoms with E-state index in [1.54, 1.807) is 6.92 Å². The first-order chi connectivity index (χ1) is 9.44. The molecule has 2 rings (SSSR count). The molecule has 1 heterocycles. The molecular formula is C15H17FO4. The maximum Gasteiger partial charge on any atom is 0.374 e. The van der Waals surface area contributed by atoms with Crippen molar-refractivity contribution in [2.45, 2.75) is 27.2 Å². The third kappa shape index (κ3) is 3.44. The fourth-order valence-corrected chi connectivity index (χ4v) is 1.59. The van der Waals surface area contributed by atoms with Crippen LogP contribution in [0.1, 0.15) is 36.4 Å². The number of carbonyl (C=O) groups is 1. The Kier molecular flexibility index (Phi) is 5.43. The maximum atomic E-state index is 13.1. The molecule has 0 aliphatic rings. The Hall–Kier alpha value is -2.17. The van der Waals surface area contributed by atoms with Crippen molar-refractivity contribution < 1.29 is 18.3 Å². The molecule has 0 amide bonds. The zero-order chi connectivity index (χ0) is 15.3. The highest BCUT2D eigenvalue weighted by atomic mass is 19.1. The number of halogens is 1. The van der Waals surface area contributed by atoms with Crippen LogP contribution in [0.4, 0.5) is 4.39 Å². The number of rotatable bonds is 1. The summed E-state index contributed by atoms with van der Waals surface area (Å²) in [5.41, 5.74) is 0.163. The summed E-state index contributed by atoms with van der Waals surface area (Å²) < 4.78 is 22.8. The molecule has 0 saturated carbocycles. The molecule has 0 bridgehead atoms. The molecule has 0 fully saturated rings. The highest BCUT2D eigenvalue weighted by molar-refractivity contribution is 5.89. The fourth-order valence-electron chi connectivity index (χ4n) is 1.59. The van der Waals surface area contributed by atoms with E-state index >= 15 is 0 Å². The van der Waals surface area contributed by atoms with Crippen LogP contribution in [-0.4, -0.2) is 13.1 Å². The molecule has 0 N–H and O–H groups in total. The molecule has 108 valence electrons. The number of hydrogen-bond donors (Lipinski definition) is 0. The number of carbonyl (C=O) groups excluding carboxylic acids is 1. The van der Waals surface area contributed by atoms with Crippen LogP contribution in [0.3, 0.4) is 0 Å². The number of benzene rings is 1. The number of hydrogen-bond acceptors (Lipinski definition) is 4. The van der Waals surface area contributed by atoms with Crippen molar-refractivity contribution in [1.82, 2.24) is 0 Å². The minimum absolute atomic E-state index is 0.107. The zero-order valence-electron chi connectivity index (χ0n) is 12.0. The summed E-state index contributed by atoms with van der Waals surface area (Å²) in [6.45, 7) is 5.84. The van der Waals surface area contributed by atoms with Gasteiger partial charge in [0.15, 0.2) is 5.43 Å². The van der Waals surface area contributed by atoms with Crippen LogP contribution in [0, 0.1) is 12.7 Å². The van der Waals surface area contributed by atoms with E-state index in [-0.39, 0.29) is 16.7 Å². The molecule has 20 heavy (non-hydrogen) atoms. The van der Waals surface area contributed by atoms with Crippen molar-refractivity contribution >= 4 is 16.9 Å². The third-order valence-corrected chi connectivity index (χ3v) is 2.37. The van der Waals surface area contributed by atoms with E-state index in [0.717, 1.165) is 12.1 Å². The molecule has 1 aromatic carbocycles. The van der Waals surface area contributed by atoms with Gasteiger partial charge in [0.05, 0.1) is 12.5 Å². The average Bonchev–Trinajstić information content (AvgIpc) is 2.39. The average molecular weight is 280 g/mol. The van der Waals surface area contributed by atoms with Gasteiger partial charge in [-0.3, -0.25) is 4.79 Å². The molecule has 0 spiro atoms. The Bertz CT molecular complexity index is 673. The quantitative estimate of drug-likeness (QED) is 0.751. The Balaban J connectivity index is 0.000000612. The lowest BCUT2D eigenvalue weighted by atomic mass is 10.1. The van der Waals surface area contributed by atoms with Gasteiger partial charge in [-0.2, -0.15) is 0 Å². The molecule has 4 nitrogen and oxygen atoms in total. The predicted molar refractivity (Wildman–Crippen MR) is 74.5 cm³/mol. The lowest BCUT2D eigenvalue weighted by Gasteiger charge is -2.03. The van der Waals surface area contributed by atoms with Crippen molar-refractivity contribution in [2.24, 2.45) is 0 Å². The van der Waals surface area contributed by atoms with Crippen LogP contribution >= 0.6 is 0 Å². The van der Waals surface area contributed by atoms with Gasteiger partial charge >= 0.3 is 5.97 Å². The van der Waals surface area contributed by atoms with Crippen molar-refractivity contribution in [2.75, 3.05) is 7.11 Å². The van der Waals surface area contributed by atoms with Gasteiger partial charge in [0.2, 0.25) is 5.76 Å². The molecule has 5 heteroatoms. The highest BCUT2D eigenvalue weighted by Crippen LogP contribution is 2.18. The van der Waals surface area contributed by atoms with Crippen LogP contribution < -0.4 is 5.43 Å². The SMILES string of the molecule is CCC.COC(=O)c1cc(=O)c2cc(F)cc(C)c2o1. The standard InChI is InChI=1S/C12H9FO4.C3H8/c1-6-3-7(13)4-8-9(14)5-10(12(15)16-2)17-11(6)8;1-3-2/h3-5H,1-2H3;3H2,1-2H3. The van der Waals surface area contributed by atoms with E-state index < -0.39 is 17.2 Å². The number of aryl methyl sites for hydroxylation is 1. The Labute approximate surface area is 116 Å². The van der Waals surface area contributed by atoms with Crippen LogP contribution in [0.15, 0.2) is 27.4 Å². The molecule has 0 atom stereocenters. The molecule has 0 unspecified atom stereocenters. The summed E-state index contributed by atoms with van der Waals surface area (Å²) >= 11 is 0. The highest BCUT2D eigenvalue weighted by Gasteiger charge is 2.14. The number of methoxy groups -OCH3 is 1. The van der Waals surface area contributed by atoms with Gasteiger partial charge in [-0.1, -0.05) is 20.3 Å². The summed E-state index contributed by atoms with van der Waals surface area (Å²) in [6, 6.07) is 3.30. The molecule has 2 aromatic rings. The van der Waals surface area contributed by atoms with Crippen LogP contribution in [0.25, 0.3) is 11.0 Å². The predicted octanol–water partition coefficient (Wildman–Crippen LogP) is 3.44.